The highest BCUT2D eigenvalue weighted by molar-refractivity contribution is 5.72. The lowest BCUT2D eigenvalue weighted by Gasteiger charge is -2.10. The van der Waals surface area contributed by atoms with Crippen molar-refractivity contribution in [1.29, 1.82) is 0 Å². The lowest BCUT2D eigenvalue weighted by molar-refractivity contribution is 0.281. The fourth-order valence-electron chi connectivity index (χ4n) is 2.78. The number of aliphatic hydroxyl groups is 1. The lowest BCUT2D eigenvalue weighted by Crippen LogP contribution is -2.15. The second kappa shape index (κ2) is 8.65. The van der Waals surface area contributed by atoms with Gasteiger partial charge in [-0.05, 0) is 44.8 Å². The molecular weight excluding hydrogens is 328 g/mol. The summed E-state index contributed by atoms with van der Waals surface area (Å²) in [4.78, 5) is 2.14. The van der Waals surface area contributed by atoms with E-state index in [0.29, 0.717) is 23.6 Å². The normalized spacial score (nSPS) is 11.1. The van der Waals surface area contributed by atoms with Crippen molar-refractivity contribution in [3.8, 4) is 28.3 Å². The monoisotopic (exact) mass is 352 g/mol. The van der Waals surface area contributed by atoms with E-state index in [4.69, 9.17) is 9.26 Å². The van der Waals surface area contributed by atoms with Gasteiger partial charge in [0.15, 0.2) is 5.76 Å². The highest BCUT2D eigenvalue weighted by Gasteiger charge is 2.18. The van der Waals surface area contributed by atoms with Gasteiger partial charge in [-0.2, -0.15) is 0 Å². The van der Waals surface area contributed by atoms with Gasteiger partial charge in [0.1, 0.15) is 11.4 Å². The zero-order valence-corrected chi connectivity index (χ0v) is 15.2. The van der Waals surface area contributed by atoms with Gasteiger partial charge in [0.2, 0.25) is 0 Å². The van der Waals surface area contributed by atoms with Gasteiger partial charge < -0.3 is 19.3 Å². The first kappa shape index (κ1) is 18.2. The molecule has 2 aromatic carbocycles. The molecule has 0 atom stereocenters. The van der Waals surface area contributed by atoms with E-state index in [2.05, 4.69) is 24.2 Å². The molecule has 0 aliphatic carbocycles. The summed E-state index contributed by atoms with van der Waals surface area (Å²) in [7, 11) is 4.10. The number of aromatic nitrogens is 1. The quantitative estimate of drug-likeness (QED) is 0.624. The number of hydrogen-bond acceptors (Lipinski definition) is 5. The third-order valence-electron chi connectivity index (χ3n) is 4.13. The molecule has 0 radical (unpaired) electrons. The average Bonchev–Trinajstić information content (AvgIpc) is 3.10. The van der Waals surface area contributed by atoms with Crippen molar-refractivity contribution in [2.45, 2.75) is 13.0 Å². The van der Waals surface area contributed by atoms with Gasteiger partial charge in [0.05, 0.1) is 18.8 Å². The summed E-state index contributed by atoms with van der Waals surface area (Å²) < 4.78 is 11.3. The molecular formula is C21H24N2O3. The van der Waals surface area contributed by atoms with Crippen LogP contribution in [0.15, 0.2) is 59.1 Å². The Morgan fingerprint density at radius 3 is 2.38 bits per heavy atom. The van der Waals surface area contributed by atoms with Crippen LogP contribution in [0.2, 0.25) is 0 Å². The van der Waals surface area contributed by atoms with Gasteiger partial charge in [0, 0.05) is 17.7 Å². The Kier molecular flexibility index (Phi) is 6.04. The van der Waals surface area contributed by atoms with E-state index >= 15 is 0 Å². The molecule has 26 heavy (non-hydrogen) atoms. The summed E-state index contributed by atoms with van der Waals surface area (Å²) in [6.07, 6.45) is 0.979. The van der Waals surface area contributed by atoms with E-state index < -0.39 is 0 Å². The molecule has 0 amide bonds. The second-order valence-corrected chi connectivity index (χ2v) is 6.39. The van der Waals surface area contributed by atoms with E-state index in [9.17, 15) is 5.11 Å². The van der Waals surface area contributed by atoms with Crippen molar-refractivity contribution in [2.75, 3.05) is 27.2 Å². The molecule has 1 N–H and O–H groups in total. The molecule has 3 aromatic rings. The summed E-state index contributed by atoms with van der Waals surface area (Å²) in [5.41, 5.74) is 3.14. The molecule has 1 heterocycles. The first-order chi connectivity index (χ1) is 12.7. The number of aliphatic hydroxyl groups excluding tert-OH is 1. The Morgan fingerprint density at radius 2 is 1.73 bits per heavy atom. The summed E-state index contributed by atoms with van der Waals surface area (Å²) in [5, 5.41) is 14.0. The van der Waals surface area contributed by atoms with Gasteiger partial charge in [0.25, 0.3) is 0 Å². The number of ether oxygens (including phenoxy) is 1. The third kappa shape index (κ3) is 4.31. The van der Waals surface area contributed by atoms with Crippen LogP contribution >= 0.6 is 0 Å². The van der Waals surface area contributed by atoms with Crippen molar-refractivity contribution in [1.82, 2.24) is 10.1 Å². The Labute approximate surface area is 153 Å². The Bertz CT molecular complexity index is 811. The molecule has 5 nitrogen and oxygen atoms in total. The van der Waals surface area contributed by atoms with Gasteiger partial charge in [-0.25, -0.2) is 0 Å². The summed E-state index contributed by atoms with van der Waals surface area (Å²) in [6, 6.07) is 17.4. The standard InChI is InChI=1S/C21H24N2O3/c1-23(2)13-6-14-25-18-11-9-16(10-12-18)20-19(15-24)21(26-22-20)17-7-4-3-5-8-17/h3-5,7-12,24H,6,13-15H2,1-2H3. The molecule has 1 aromatic heterocycles. The minimum absolute atomic E-state index is 0.133. The van der Waals surface area contributed by atoms with Gasteiger partial charge in [-0.15, -0.1) is 0 Å². The summed E-state index contributed by atoms with van der Waals surface area (Å²) >= 11 is 0. The highest BCUT2D eigenvalue weighted by Crippen LogP contribution is 2.32. The SMILES string of the molecule is CN(C)CCCOc1ccc(-c2noc(-c3ccccc3)c2CO)cc1. The van der Waals surface area contributed by atoms with Gasteiger partial charge >= 0.3 is 0 Å². The molecule has 0 unspecified atom stereocenters. The molecule has 0 spiro atoms. The predicted octanol–water partition coefficient (Wildman–Crippen LogP) is 3.83. The highest BCUT2D eigenvalue weighted by atomic mass is 16.5. The van der Waals surface area contributed by atoms with E-state index in [0.717, 1.165) is 29.8 Å². The van der Waals surface area contributed by atoms with E-state index in [1.807, 2.05) is 54.6 Å². The molecule has 0 fully saturated rings. The van der Waals surface area contributed by atoms with Crippen LogP contribution in [0.5, 0.6) is 5.75 Å². The topological polar surface area (TPSA) is 58.7 Å². The molecule has 0 aliphatic heterocycles. The van der Waals surface area contributed by atoms with Crippen LogP contribution in [0, 0.1) is 0 Å². The van der Waals surface area contributed by atoms with Crippen molar-refractivity contribution in [3.63, 3.8) is 0 Å². The Balaban J connectivity index is 1.74. The average molecular weight is 352 g/mol. The Morgan fingerprint density at radius 1 is 1.00 bits per heavy atom. The molecule has 0 bridgehead atoms. The number of rotatable bonds is 8. The lowest BCUT2D eigenvalue weighted by atomic mass is 10.0. The van der Waals surface area contributed by atoms with Gasteiger partial charge in [-0.1, -0.05) is 35.5 Å². The molecule has 136 valence electrons. The van der Waals surface area contributed by atoms with Gasteiger partial charge in [-0.3, -0.25) is 0 Å². The first-order valence-corrected chi connectivity index (χ1v) is 8.72. The number of hydrogen-bond donors (Lipinski definition) is 1. The summed E-state index contributed by atoms with van der Waals surface area (Å²) in [6.45, 7) is 1.55. The first-order valence-electron chi connectivity index (χ1n) is 8.72. The van der Waals surface area contributed by atoms with Crippen LogP contribution in [-0.4, -0.2) is 42.4 Å². The van der Waals surface area contributed by atoms with Crippen LogP contribution in [0.3, 0.4) is 0 Å². The van der Waals surface area contributed by atoms with Crippen LogP contribution in [0.25, 0.3) is 22.6 Å². The minimum atomic E-state index is -0.133. The van der Waals surface area contributed by atoms with E-state index in [1.54, 1.807) is 0 Å². The van der Waals surface area contributed by atoms with Crippen LogP contribution in [-0.2, 0) is 6.61 Å². The second-order valence-electron chi connectivity index (χ2n) is 6.39. The molecule has 0 aliphatic rings. The number of benzene rings is 2. The fraction of sp³-hybridized carbons (Fsp3) is 0.286. The van der Waals surface area contributed by atoms with Crippen LogP contribution < -0.4 is 4.74 Å². The fourth-order valence-corrected chi connectivity index (χ4v) is 2.78. The smallest absolute Gasteiger partial charge is 0.173 e. The molecule has 0 saturated heterocycles. The maximum atomic E-state index is 9.82. The maximum Gasteiger partial charge on any atom is 0.173 e. The van der Waals surface area contributed by atoms with E-state index in [-0.39, 0.29) is 6.61 Å². The van der Waals surface area contributed by atoms with Crippen molar-refractivity contribution in [3.05, 3.63) is 60.2 Å². The Hall–Kier alpha value is -2.63. The van der Waals surface area contributed by atoms with Crippen LogP contribution in [0.4, 0.5) is 0 Å². The van der Waals surface area contributed by atoms with Crippen molar-refractivity contribution < 1.29 is 14.4 Å². The zero-order chi connectivity index (χ0) is 18.4. The number of nitrogens with zero attached hydrogens (tertiary/aromatic N) is 2. The third-order valence-corrected chi connectivity index (χ3v) is 4.13. The van der Waals surface area contributed by atoms with E-state index in [1.165, 1.54) is 0 Å². The largest absolute Gasteiger partial charge is 0.494 e. The summed E-state index contributed by atoms with van der Waals surface area (Å²) in [5.74, 6) is 1.43. The molecule has 5 heteroatoms. The minimum Gasteiger partial charge on any atom is -0.494 e. The van der Waals surface area contributed by atoms with Crippen molar-refractivity contribution in [2.24, 2.45) is 0 Å². The predicted molar refractivity (Wildman–Crippen MR) is 102 cm³/mol. The zero-order valence-electron chi connectivity index (χ0n) is 15.2. The maximum absolute atomic E-state index is 9.82. The molecule has 3 rings (SSSR count). The van der Waals surface area contributed by atoms with Crippen LogP contribution in [0.1, 0.15) is 12.0 Å². The molecule has 0 saturated carbocycles. The van der Waals surface area contributed by atoms with Crippen molar-refractivity contribution >= 4 is 0 Å².